The van der Waals surface area contributed by atoms with Crippen LogP contribution >= 0.6 is 35.0 Å². The van der Waals surface area contributed by atoms with Crippen LogP contribution < -0.4 is 5.43 Å². The van der Waals surface area contributed by atoms with Crippen LogP contribution in [0.5, 0.6) is 0 Å². The van der Waals surface area contributed by atoms with E-state index in [0.29, 0.717) is 15.6 Å². The maximum Gasteiger partial charge on any atom is 0.250 e. The van der Waals surface area contributed by atoms with Gasteiger partial charge in [0.2, 0.25) is 5.91 Å². The summed E-state index contributed by atoms with van der Waals surface area (Å²) in [7, 11) is 0. The third-order valence-corrected chi connectivity index (χ3v) is 4.92. The molecule has 0 radical (unpaired) electrons. The van der Waals surface area contributed by atoms with Gasteiger partial charge in [0.05, 0.1) is 22.5 Å². The maximum absolute atomic E-state index is 12.0. The van der Waals surface area contributed by atoms with Gasteiger partial charge in [0.15, 0.2) is 0 Å². The minimum atomic E-state index is -0.209. The lowest BCUT2D eigenvalue weighted by atomic mass is 10.2. The Kier molecular flexibility index (Phi) is 5.91. The number of fused-ring (bicyclic) bond motifs is 1. The number of halogens is 2. The van der Waals surface area contributed by atoms with Gasteiger partial charge in [-0.25, -0.2) is 5.43 Å². The van der Waals surface area contributed by atoms with E-state index in [1.54, 1.807) is 24.4 Å². The lowest BCUT2D eigenvalue weighted by Gasteiger charge is -2.04. The molecule has 0 fully saturated rings. The summed E-state index contributed by atoms with van der Waals surface area (Å²) in [5.41, 5.74) is 4.06. The summed E-state index contributed by atoms with van der Waals surface area (Å²) >= 11 is 13.3. The van der Waals surface area contributed by atoms with Gasteiger partial charge in [0.1, 0.15) is 0 Å². The lowest BCUT2D eigenvalue weighted by molar-refractivity contribution is -0.118. The van der Waals surface area contributed by atoms with Crippen molar-refractivity contribution in [3.05, 3.63) is 70.3 Å². The first-order chi connectivity index (χ1) is 12.1. The van der Waals surface area contributed by atoms with Crippen molar-refractivity contribution in [3.63, 3.8) is 0 Å². The summed E-state index contributed by atoms with van der Waals surface area (Å²) in [5.74, 6) is 0.0285. The summed E-state index contributed by atoms with van der Waals surface area (Å²) in [6.45, 7) is 0. The van der Waals surface area contributed by atoms with Gasteiger partial charge in [-0.15, -0.1) is 11.8 Å². The summed E-state index contributed by atoms with van der Waals surface area (Å²) in [6.07, 6.45) is 3.23. The van der Waals surface area contributed by atoms with E-state index >= 15 is 0 Å². The molecule has 3 aromatic rings. The molecule has 0 aliphatic rings. The third-order valence-electron chi connectivity index (χ3n) is 3.31. The van der Waals surface area contributed by atoms with E-state index in [-0.39, 0.29) is 11.7 Å². The monoisotopic (exact) mass is 389 g/mol. The second-order valence-electron chi connectivity index (χ2n) is 5.08. The fourth-order valence-electron chi connectivity index (χ4n) is 2.15. The molecule has 3 rings (SSSR count). The molecule has 0 unspecified atom stereocenters. The van der Waals surface area contributed by atoms with Crippen molar-refractivity contribution in [1.29, 1.82) is 0 Å². The molecule has 1 N–H and O–H groups in total. The molecule has 1 aromatic heterocycles. The molecule has 25 heavy (non-hydrogen) atoms. The van der Waals surface area contributed by atoms with Crippen LogP contribution in [0.2, 0.25) is 10.0 Å². The number of aromatic nitrogens is 1. The molecule has 0 saturated heterocycles. The van der Waals surface area contributed by atoms with Gasteiger partial charge in [0.25, 0.3) is 0 Å². The molecule has 126 valence electrons. The molecule has 2 aromatic carbocycles. The molecule has 0 saturated carbocycles. The van der Waals surface area contributed by atoms with E-state index in [2.05, 4.69) is 15.5 Å². The number of carbonyl (C=O) groups is 1. The van der Waals surface area contributed by atoms with Gasteiger partial charge in [-0.2, -0.15) is 5.10 Å². The summed E-state index contributed by atoms with van der Waals surface area (Å²) in [5, 5.41) is 5.99. The van der Waals surface area contributed by atoms with Gasteiger partial charge in [0, 0.05) is 27.1 Å². The van der Waals surface area contributed by atoms with E-state index in [1.807, 2.05) is 30.3 Å². The third kappa shape index (κ3) is 4.72. The number of carbonyl (C=O) groups excluding carboxylic acids is 1. The molecule has 0 aliphatic carbocycles. The van der Waals surface area contributed by atoms with E-state index in [0.717, 1.165) is 15.8 Å². The second kappa shape index (κ2) is 8.34. The normalized spacial score (nSPS) is 11.1. The molecule has 4 nitrogen and oxygen atoms in total. The molecular weight excluding hydrogens is 377 g/mol. The van der Waals surface area contributed by atoms with Gasteiger partial charge < -0.3 is 0 Å². The SMILES string of the molecule is O=C(CSc1cccc2cccnc12)N/N=C\c1ccc(Cl)cc1Cl. The number of benzene rings is 2. The smallest absolute Gasteiger partial charge is 0.250 e. The topological polar surface area (TPSA) is 54.4 Å². The number of hydrogen-bond donors (Lipinski definition) is 1. The Morgan fingerprint density at radius 3 is 2.88 bits per heavy atom. The van der Waals surface area contributed by atoms with Crippen molar-refractivity contribution in [2.45, 2.75) is 4.90 Å². The van der Waals surface area contributed by atoms with Crippen molar-refractivity contribution < 1.29 is 4.79 Å². The molecule has 0 bridgehead atoms. The first-order valence-electron chi connectivity index (χ1n) is 7.37. The van der Waals surface area contributed by atoms with E-state index in [1.165, 1.54) is 18.0 Å². The number of nitrogens with one attached hydrogen (secondary N) is 1. The van der Waals surface area contributed by atoms with Gasteiger partial charge >= 0.3 is 0 Å². The maximum atomic E-state index is 12.0. The lowest BCUT2D eigenvalue weighted by Crippen LogP contribution is -2.19. The molecule has 0 aliphatic heterocycles. The van der Waals surface area contributed by atoms with Crippen LogP contribution in [0.15, 0.2) is 64.7 Å². The number of hydrazone groups is 1. The van der Waals surface area contributed by atoms with Crippen LogP contribution in [0.4, 0.5) is 0 Å². The van der Waals surface area contributed by atoms with E-state index in [4.69, 9.17) is 23.2 Å². The molecule has 7 heteroatoms. The van der Waals surface area contributed by atoms with E-state index < -0.39 is 0 Å². The number of nitrogens with zero attached hydrogens (tertiary/aromatic N) is 2. The quantitative estimate of drug-likeness (QED) is 0.387. The minimum Gasteiger partial charge on any atom is -0.272 e. The summed E-state index contributed by atoms with van der Waals surface area (Å²) in [4.78, 5) is 17.3. The van der Waals surface area contributed by atoms with E-state index in [9.17, 15) is 4.79 Å². The van der Waals surface area contributed by atoms with Gasteiger partial charge in [-0.1, -0.05) is 47.5 Å². The van der Waals surface area contributed by atoms with Crippen LogP contribution in [-0.4, -0.2) is 22.9 Å². The van der Waals surface area contributed by atoms with Crippen molar-refractivity contribution in [3.8, 4) is 0 Å². The van der Waals surface area contributed by atoms with Crippen LogP contribution in [-0.2, 0) is 4.79 Å². The van der Waals surface area contributed by atoms with Crippen molar-refractivity contribution in [1.82, 2.24) is 10.4 Å². The summed E-state index contributed by atoms with van der Waals surface area (Å²) in [6, 6.07) is 14.8. The number of pyridine rings is 1. The largest absolute Gasteiger partial charge is 0.272 e. The number of hydrogen-bond acceptors (Lipinski definition) is 4. The Balaban J connectivity index is 1.58. The zero-order chi connectivity index (χ0) is 17.6. The predicted molar refractivity (Wildman–Crippen MR) is 105 cm³/mol. The molecule has 0 atom stereocenters. The molecule has 1 amide bonds. The standard InChI is InChI=1S/C18H13Cl2N3OS/c19-14-7-6-13(15(20)9-14)10-22-23-17(24)11-25-16-5-1-3-12-4-2-8-21-18(12)16/h1-10H,11H2,(H,23,24)/b22-10-. The molecule has 1 heterocycles. The highest BCUT2D eigenvalue weighted by atomic mass is 35.5. The van der Waals surface area contributed by atoms with Gasteiger partial charge in [-0.3, -0.25) is 9.78 Å². The second-order valence-corrected chi connectivity index (χ2v) is 6.94. The van der Waals surface area contributed by atoms with Crippen LogP contribution in [0, 0.1) is 0 Å². The predicted octanol–water partition coefficient (Wildman–Crippen LogP) is 4.78. The Labute approximate surface area is 159 Å². The average molecular weight is 390 g/mol. The number of thioether (sulfide) groups is 1. The zero-order valence-electron chi connectivity index (χ0n) is 12.9. The van der Waals surface area contributed by atoms with Crippen molar-refractivity contribution in [2.75, 3.05) is 5.75 Å². The number of rotatable bonds is 5. The van der Waals surface area contributed by atoms with Crippen LogP contribution in [0.1, 0.15) is 5.56 Å². The molecule has 0 spiro atoms. The first kappa shape index (κ1) is 17.7. The highest BCUT2D eigenvalue weighted by molar-refractivity contribution is 8.00. The zero-order valence-corrected chi connectivity index (χ0v) is 15.3. The Bertz CT molecular complexity index is 941. The Hall–Kier alpha value is -2.08. The highest BCUT2D eigenvalue weighted by Gasteiger charge is 2.06. The minimum absolute atomic E-state index is 0.209. The average Bonchev–Trinajstić information content (AvgIpc) is 2.62. The van der Waals surface area contributed by atoms with Crippen molar-refractivity contribution >= 4 is 58.0 Å². The van der Waals surface area contributed by atoms with Gasteiger partial charge in [-0.05, 0) is 24.3 Å². The van der Waals surface area contributed by atoms with Crippen LogP contribution in [0.3, 0.4) is 0 Å². The fraction of sp³-hybridized carbons (Fsp3) is 0.0556. The Morgan fingerprint density at radius 1 is 1.20 bits per heavy atom. The highest BCUT2D eigenvalue weighted by Crippen LogP contribution is 2.25. The van der Waals surface area contributed by atoms with Crippen LogP contribution in [0.25, 0.3) is 10.9 Å². The number of amides is 1. The number of para-hydroxylation sites is 1. The summed E-state index contributed by atoms with van der Waals surface area (Å²) < 4.78 is 0. The van der Waals surface area contributed by atoms with Crippen molar-refractivity contribution in [2.24, 2.45) is 5.10 Å². The fourth-order valence-corrected chi connectivity index (χ4v) is 3.44. The first-order valence-corrected chi connectivity index (χ1v) is 9.11. The Morgan fingerprint density at radius 2 is 2.04 bits per heavy atom. The molecular formula is C18H13Cl2N3OS.